The number of hydrogen-bond donors (Lipinski definition) is 1. The Bertz CT molecular complexity index is 653. The summed E-state index contributed by atoms with van der Waals surface area (Å²) in [5, 5.41) is 13.8. The maximum Gasteiger partial charge on any atom is 0.206 e. The van der Waals surface area contributed by atoms with E-state index in [4.69, 9.17) is 4.74 Å². The Kier molecular flexibility index (Phi) is 4.98. The highest BCUT2D eigenvalue weighted by Crippen LogP contribution is 2.35. The molecule has 2 saturated heterocycles. The minimum Gasteiger partial charge on any atom is -0.379 e. The van der Waals surface area contributed by atoms with Gasteiger partial charge in [0.1, 0.15) is 5.69 Å². The van der Waals surface area contributed by atoms with Crippen molar-refractivity contribution in [3.63, 3.8) is 0 Å². The Morgan fingerprint density at radius 1 is 1.25 bits per heavy atom. The van der Waals surface area contributed by atoms with E-state index < -0.39 is 0 Å². The summed E-state index contributed by atoms with van der Waals surface area (Å²) in [5.74, 6) is 2.40. The first-order valence-corrected chi connectivity index (χ1v) is 10.2. The molecule has 0 saturated carbocycles. The molecular weight excluding hydrogens is 342 g/mol. The fourth-order valence-electron chi connectivity index (χ4n) is 3.26. The van der Waals surface area contributed by atoms with E-state index in [9.17, 15) is 0 Å². The average molecular weight is 364 g/mol. The second-order valence-corrected chi connectivity index (χ2v) is 8.19. The van der Waals surface area contributed by atoms with Crippen molar-refractivity contribution in [1.29, 1.82) is 0 Å². The third-order valence-electron chi connectivity index (χ3n) is 4.64. The summed E-state index contributed by atoms with van der Waals surface area (Å²) in [6.07, 6.45) is 3.00. The first-order valence-electron chi connectivity index (χ1n) is 8.25. The summed E-state index contributed by atoms with van der Waals surface area (Å²) in [4.78, 5) is 6.94. The van der Waals surface area contributed by atoms with Crippen molar-refractivity contribution in [2.75, 3.05) is 49.7 Å². The van der Waals surface area contributed by atoms with Gasteiger partial charge in [-0.05, 0) is 24.3 Å². The summed E-state index contributed by atoms with van der Waals surface area (Å²) < 4.78 is 5.52. The Hall–Kier alpha value is -1.22. The summed E-state index contributed by atoms with van der Waals surface area (Å²) in [6.45, 7) is 4.65. The van der Waals surface area contributed by atoms with Crippen molar-refractivity contribution in [2.45, 2.75) is 12.0 Å². The van der Waals surface area contributed by atoms with Crippen molar-refractivity contribution in [1.82, 2.24) is 20.1 Å². The normalized spacial score (nSPS) is 25.0. The smallest absolute Gasteiger partial charge is 0.206 e. The number of thioether (sulfide) groups is 1. The summed E-state index contributed by atoms with van der Waals surface area (Å²) in [5.41, 5.74) is 1.09. The van der Waals surface area contributed by atoms with Crippen LogP contribution in [0.1, 0.15) is 6.42 Å². The third kappa shape index (κ3) is 3.42. The molecule has 2 aliphatic rings. The van der Waals surface area contributed by atoms with Crippen LogP contribution in [0.4, 0.5) is 5.13 Å². The molecule has 2 aromatic rings. The molecule has 0 aromatic carbocycles. The van der Waals surface area contributed by atoms with Crippen LogP contribution in [0, 0.1) is 0 Å². The standard InChI is InChI=1S/C16H21N5OS2/c1-2-5-17-13(3-1)14-19-20-15(24-14)18-11-16(4-10-23-12-16)21-6-8-22-9-7-21/h1-3,5H,4,6-12H2,(H,18,20). The van der Waals surface area contributed by atoms with Crippen LogP contribution in [-0.2, 0) is 4.74 Å². The molecule has 4 rings (SSSR count). The van der Waals surface area contributed by atoms with Gasteiger partial charge in [-0.1, -0.05) is 17.4 Å². The van der Waals surface area contributed by atoms with Crippen LogP contribution >= 0.6 is 23.1 Å². The molecule has 2 aromatic heterocycles. The van der Waals surface area contributed by atoms with Crippen LogP contribution in [0.25, 0.3) is 10.7 Å². The van der Waals surface area contributed by atoms with E-state index >= 15 is 0 Å². The molecule has 1 N–H and O–H groups in total. The van der Waals surface area contributed by atoms with E-state index in [1.165, 1.54) is 17.9 Å². The largest absolute Gasteiger partial charge is 0.379 e. The lowest BCUT2D eigenvalue weighted by atomic mass is 9.95. The number of rotatable bonds is 5. The van der Waals surface area contributed by atoms with Crippen molar-refractivity contribution < 1.29 is 4.74 Å². The first-order chi connectivity index (χ1) is 11.9. The van der Waals surface area contributed by atoms with Gasteiger partial charge in [0.25, 0.3) is 0 Å². The van der Waals surface area contributed by atoms with Gasteiger partial charge in [-0.15, -0.1) is 10.2 Å². The molecule has 0 amide bonds. The second-order valence-electron chi connectivity index (χ2n) is 6.11. The average Bonchev–Trinajstić information content (AvgIpc) is 3.32. The molecule has 24 heavy (non-hydrogen) atoms. The number of pyridine rings is 1. The van der Waals surface area contributed by atoms with Crippen molar-refractivity contribution in [2.24, 2.45) is 0 Å². The Morgan fingerprint density at radius 3 is 2.92 bits per heavy atom. The zero-order valence-electron chi connectivity index (χ0n) is 13.5. The van der Waals surface area contributed by atoms with E-state index in [2.05, 4.69) is 25.4 Å². The van der Waals surface area contributed by atoms with Gasteiger partial charge in [0, 0.05) is 37.1 Å². The van der Waals surface area contributed by atoms with Crippen molar-refractivity contribution >= 4 is 28.2 Å². The lowest BCUT2D eigenvalue weighted by molar-refractivity contribution is -0.00920. The van der Waals surface area contributed by atoms with E-state index in [1.54, 1.807) is 17.5 Å². The SMILES string of the molecule is c1ccc(-c2nnc(NCC3(N4CCOCC4)CCSC3)s2)nc1. The molecule has 2 aliphatic heterocycles. The molecule has 128 valence electrons. The maximum atomic E-state index is 5.52. The topological polar surface area (TPSA) is 63.2 Å². The van der Waals surface area contributed by atoms with Crippen molar-refractivity contribution in [3.05, 3.63) is 24.4 Å². The second kappa shape index (κ2) is 7.35. The molecule has 0 bridgehead atoms. The zero-order valence-corrected chi connectivity index (χ0v) is 15.1. The summed E-state index contributed by atoms with van der Waals surface area (Å²) in [6, 6.07) is 5.85. The van der Waals surface area contributed by atoms with Gasteiger partial charge in [-0.2, -0.15) is 11.8 Å². The van der Waals surface area contributed by atoms with Gasteiger partial charge < -0.3 is 10.1 Å². The van der Waals surface area contributed by atoms with Crippen LogP contribution in [0.2, 0.25) is 0 Å². The molecule has 1 unspecified atom stereocenters. The number of ether oxygens (including phenoxy) is 1. The van der Waals surface area contributed by atoms with E-state index in [1.807, 2.05) is 30.0 Å². The molecule has 0 radical (unpaired) electrons. The summed E-state index contributed by atoms with van der Waals surface area (Å²) in [7, 11) is 0. The molecule has 4 heterocycles. The number of aromatic nitrogens is 3. The maximum absolute atomic E-state index is 5.52. The highest BCUT2D eigenvalue weighted by molar-refractivity contribution is 7.99. The Morgan fingerprint density at radius 2 is 2.17 bits per heavy atom. The zero-order chi connectivity index (χ0) is 16.2. The first kappa shape index (κ1) is 16.3. The van der Waals surface area contributed by atoms with Crippen LogP contribution in [0.3, 0.4) is 0 Å². The highest BCUT2D eigenvalue weighted by Gasteiger charge is 2.40. The van der Waals surface area contributed by atoms with E-state index in [-0.39, 0.29) is 5.54 Å². The van der Waals surface area contributed by atoms with Gasteiger partial charge in [-0.25, -0.2) is 0 Å². The number of morpholine rings is 1. The molecule has 6 nitrogen and oxygen atoms in total. The molecular formula is C16H21N5OS2. The van der Waals surface area contributed by atoms with E-state index in [0.717, 1.165) is 48.7 Å². The fraction of sp³-hybridized carbons (Fsp3) is 0.562. The van der Waals surface area contributed by atoms with Gasteiger partial charge in [0.2, 0.25) is 5.13 Å². The Labute approximate surface area is 150 Å². The predicted molar refractivity (Wildman–Crippen MR) is 98.7 cm³/mol. The number of anilines is 1. The lowest BCUT2D eigenvalue weighted by Crippen LogP contribution is -2.57. The minimum absolute atomic E-state index is 0.214. The molecule has 8 heteroatoms. The monoisotopic (exact) mass is 363 g/mol. The number of nitrogens with one attached hydrogen (secondary N) is 1. The Balaban J connectivity index is 1.44. The predicted octanol–water partition coefficient (Wildman–Crippen LogP) is 2.22. The van der Waals surface area contributed by atoms with E-state index in [0.29, 0.717) is 0 Å². The highest BCUT2D eigenvalue weighted by atomic mass is 32.2. The van der Waals surface area contributed by atoms with Crippen LogP contribution in [-0.4, -0.2) is 70.0 Å². The third-order valence-corrected chi connectivity index (χ3v) is 6.78. The molecule has 0 aliphatic carbocycles. The van der Waals surface area contributed by atoms with Gasteiger partial charge >= 0.3 is 0 Å². The van der Waals surface area contributed by atoms with Crippen LogP contribution < -0.4 is 5.32 Å². The van der Waals surface area contributed by atoms with Crippen LogP contribution in [0.5, 0.6) is 0 Å². The van der Waals surface area contributed by atoms with Crippen LogP contribution in [0.15, 0.2) is 24.4 Å². The minimum atomic E-state index is 0.214. The molecule has 0 spiro atoms. The van der Waals surface area contributed by atoms with Gasteiger partial charge in [0.05, 0.1) is 13.2 Å². The number of nitrogens with zero attached hydrogens (tertiary/aromatic N) is 4. The lowest BCUT2D eigenvalue weighted by Gasteiger charge is -2.42. The molecule has 2 fully saturated rings. The summed E-state index contributed by atoms with van der Waals surface area (Å²) >= 11 is 3.62. The van der Waals surface area contributed by atoms with Gasteiger partial charge in [0.15, 0.2) is 5.01 Å². The fourth-order valence-corrected chi connectivity index (χ4v) is 5.46. The molecule has 1 atom stereocenters. The number of hydrogen-bond acceptors (Lipinski definition) is 8. The van der Waals surface area contributed by atoms with Gasteiger partial charge in [-0.3, -0.25) is 9.88 Å². The quantitative estimate of drug-likeness (QED) is 0.874. The van der Waals surface area contributed by atoms with Crippen molar-refractivity contribution in [3.8, 4) is 10.7 Å².